The second-order valence-corrected chi connectivity index (χ2v) is 6.26. The van der Waals surface area contributed by atoms with Crippen molar-refractivity contribution in [2.45, 2.75) is 53.0 Å². The molecule has 4 heteroatoms. The Labute approximate surface area is 120 Å². The minimum absolute atomic E-state index is 0.238. The van der Waals surface area contributed by atoms with Crippen LogP contribution in [0.25, 0.3) is 0 Å². The number of carboxylic acid groups (broad SMARTS) is 1. The first-order chi connectivity index (χ1) is 9.40. The highest BCUT2D eigenvalue weighted by molar-refractivity contribution is 5.93. The first kappa shape index (κ1) is 14.8. The van der Waals surface area contributed by atoms with Crippen LogP contribution in [-0.4, -0.2) is 28.6 Å². The molecule has 0 unspecified atom stereocenters. The molecule has 0 aromatic carbocycles. The van der Waals surface area contributed by atoms with Gasteiger partial charge in [-0.25, -0.2) is 9.78 Å². The summed E-state index contributed by atoms with van der Waals surface area (Å²) in [5.41, 5.74) is 2.54. The Bertz CT molecular complexity index is 509. The molecule has 1 aromatic rings. The van der Waals surface area contributed by atoms with E-state index in [1.807, 2.05) is 6.07 Å². The average molecular weight is 276 g/mol. The fraction of sp³-hybridized carbons (Fsp3) is 0.625. The summed E-state index contributed by atoms with van der Waals surface area (Å²) < 4.78 is 0. The van der Waals surface area contributed by atoms with Crippen molar-refractivity contribution in [2.24, 2.45) is 5.92 Å². The highest BCUT2D eigenvalue weighted by atomic mass is 16.4. The second-order valence-electron chi connectivity index (χ2n) is 6.26. The summed E-state index contributed by atoms with van der Waals surface area (Å²) in [5, 5.41) is 9.50. The standard InChI is InChI=1S/C16H24N2O2/c1-10(2)9-18(11(3)4)15-13(16(19)20)8-12-6-5-7-14(12)17-15/h8,10-11H,5-7,9H2,1-4H3,(H,19,20). The van der Waals surface area contributed by atoms with Crippen molar-refractivity contribution in [3.63, 3.8) is 0 Å². The van der Waals surface area contributed by atoms with E-state index in [0.29, 0.717) is 17.3 Å². The molecule has 0 saturated heterocycles. The molecule has 1 aromatic heterocycles. The summed E-state index contributed by atoms with van der Waals surface area (Å²) in [6, 6.07) is 2.07. The smallest absolute Gasteiger partial charge is 0.339 e. The molecule has 0 radical (unpaired) electrons. The Hall–Kier alpha value is -1.58. The van der Waals surface area contributed by atoms with Crippen molar-refractivity contribution < 1.29 is 9.90 Å². The number of pyridine rings is 1. The van der Waals surface area contributed by atoms with E-state index in [1.165, 1.54) is 0 Å². The molecule has 1 N–H and O–H groups in total. The van der Waals surface area contributed by atoms with Gasteiger partial charge in [-0.1, -0.05) is 13.8 Å². The van der Waals surface area contributed by atoms with Gasteiger partial charge >= 0.3 is 5.97 Å². The molecule has 20 heavy (non-hydrogen) atoms. The lowest BCUT2D eigenvalue weighted by atomic mass is 10.1. The first-order valence-corrected chi connectivity index (χ1v) is 7.43. The summed E-state index contributed by atoms with van der Waals surface area (Å²) in [7, 11) is 0. The van der Waals surface area contributed by atoms with E-state index in [1.54, 1.807) is 0 Å². The molecule has 1 aliphatic rings. The Morgan fingerprint density at radius 3 is 2.60 bits per heavy atom. The number of carboxylic acids is 1. The van der Waals surface area contributed by atoms with E-state index in [0.717, 1.165) is 37.1 Å². The van der Waals surface area contributed by atoms with Crippen molar-refractivity contribution in [1.82, 2.24) is 4.98 Å². The van der Waals surface area contributed by atoms with Crippen LogP contribution < -0.4 is 4.90 Å². The van der Waals surface area contributed by atoms with Gasteiger partial charge in [0.2, 0.25) is 0 Å². The van der Waals surface area contributed by atoms with Crippen LogP contribution in [-0.2, 0) is 12.8 Å². The number of hydrogen-bond acceptors (Lipinski definition) is 3. The lowest BCUT2D eigenvalue weighted by Crippen LogP contribution is -2.36. The second kappa shape index (κ2) is 5.81. The minimum atomic E-state index is -0.878. The zero-order valence-corrected chi connectivity index (χ0v) is 12.8. The molecule has 110 valence electrons. The van der Waals surface area contributed by atoms with E-state index in [-0.39, 0.29) is 6.04 Å². The van der Waals surface area contributed by atoms with Crippen LogP contribution in [0.2, 0.25) is 0 Å². The van der Waals surface area contributed by atoms with Crippen molar-refractivity contribution in [3.05, 3.63) is 22.9 Å². The fourth-order valence-corrected chi connectivity index (χ4v) is 2.77. The van der Waals surface area contributed by atoms with Gasteiger partial charge in [-0.15, -0.1) is 0 Å². The van der Waals surface area contributed by atoms with Crippen molar-refractivity contribution >= 4 is 11.8 Å². The summed E-state index contributed by atoms with van der Waals surface area (Å²) in [5.74, 6) is 0.229. The number of aromatic carboxylic acids is 1. The van der Waals surface area contributed by atoms with Crippen LogP contribution in [0.5, 0.6) is 0 Å². The molecule has 4 nitrogen and oxygen atoms in total. The zero-order valence-electron chi connectivity index (χ0n) is 12.8. The molecule has 0 fully saturated rings. The third-order valence-electron chi connectivity index (χ3n) is 3.72. The molecule has 0 bridgehead atoms. The molecule has 2 rings (SSSR count). The Balaban J connectivity index is 2.49. The van der Waals surface area contributed by atoms with Gasteiger partial charge in [0.15, 0.2) is 0 Å². The maximum Gasteiger partial charge on any atom is 0.339 e. The third-order valence-corrected chi connectivity index (χ3v) is 3.72. The maximum atomic E-state index is 11.6. The molecule has 0 saturated carbocycles. The van der Waals surface area contributed by atoms with Gasteiger partial charge in [-0.05, 0) is 50.7 Å². The van der Waals surface area contributed by atoms with E-state index >= 15 is 0 Å². The van der Waals surface area contributed by atoms with Crippen LogP contribution in [0.15, 0.2) is 6.07 Å². The van der Waals surface area contributed by atoms with Gasteiger partial charge < -0.3 is 10.0 Å². The summed E-state index contributed by atoms with van der Waals surface area (Å²) >= 11 is 0. The molecule has 1 aliphatic carbocycles. The first-order valence-electron chi connectivity index (χ1n) is 7.43. The minimum Gasteiger partial charge on any atom is -0.478 e. The third kappa shape index (κ3) is 2.94. The summed E-state index contributed by atoms with van der Waals surface area (Å²) in [6.45, 7) is 9.28. The van der Waals surface area contributed by atoms with Crippen molar-refractivity contribution in [1.29, 1.82) is 0 Å². The number of aryl methyl sites for hydroxylation is 2. The van der Waals surface area contributed by atoms with Crippen molar-refractivity contribution in [2.75, 3.05) is 11.4 Å². The largest absolute Gasteiger partial charge is 0.478 e. The van der Waals surface area contributed by atoms with Gasteiger partial charge in [0, 0.05) is 18.3 Å². The predicted molar refractivity (Wildman–Crippen MR) is 80.5 cm³/mol. The molecule has 0 aliphatic heterocycles. The zero-order chi connectivity index (χ0) is 14.9. The number of anilines is 1. The van der Waals surface area contributed by atoms with E-state index < -0.39 is 5.97 Å². The number of fused-ring (bicyclic) bond motifs is 1. The Morgan fingerprint density at radius 2 is 2.05 bits per heavy atom. The van der Waals surface area contributed by atoms with Gasteiger partial charge in [0.1, 0.15) is 11.4 Å². The van der Waals surface area contributed by atoms with Gasteiger partial charge in [0.05, 0.1) is 0 Å². The molecule has 0 amide bonds. The molecule has 1 heterocycles. The number of aromatic nitrogens is 1. The highest BCUT2D eigenvalue weighted by Crippen LogP contribution is 2.29. The lowest BCUT2D eigenvalue weighted by Gasteiger charge is -2.31. The predicted octanol–water partition coefficient (Wildman–Crippen LogP) is 3.14. The van der Waals surface area contributed by atoms with E-state index in [2.05, 4.69) is 32.6 Å². The molecular formula is C16H24N2O2. The van der Waals surface area contributed by atoms with Crippen LogP contribution in [0.4, 0.5) is 5.82 Å². The quantitative estimate of drug-likeness (QED) is 0.897. The fourth-order valence-electron chi connectivity index (χ4n) is 2.77. The SMILES string of the molecule is CC(C)CN(c1nc2c(cc1C(=O)O)CCC2)C(C)C. The van der Waals surface area contributed by atoms with Gasteiger partial charge in [-0.3, -0.25) is 0 Å². The van der Waals surface area contributed by atoms with Crippen molar-refractivity contribution in [3.8, 4) is 0 Å². The van der Waals surface area contributed by atoms with Gasteiger partial charge in [-0.2, -0.15) is 0 Å². The maximum absolute atomic E-state index is 11.6. The Kier molecular flexibility index (Phi) is 4.31. The molecule has 0 spiro atoms. The average Bonchev–Trinajstić information content (AvgIpc) is 2.80. The number of rotatable bonds is 5. The number of nitrogens with zero attached hydrogens (tertiary/aromatic N) is 2. The topological polar surface area (TPSA) is 53.4 Å². The van der Waals surface area contributed by atoms with E-state index in [9.17, 15) is 9.90 Å². The van der Waals surface area contributed by atoms with Crippen LogP contribution in [0, 0.1) is 5.92 Å². The summed E-state index contributed by atoms with van der Waals surface area (Å²) in [6.07, 6.45) is 3.00. The van der Waals surface area contributed by atoms with E-state index in [4.69, 9.17) is 4.98 Å². The summed E-state index contributed by atoms with van der Waals surface area (Å²) in [4.78, 5) is 18.4. The number of hydrogen-bond donors (Lipinski definition) is 1. The Morgan fingerprint density at radius 1 is 1.35 bits per heavy atom. The molecular weight excluding hydrogens is 252 g/mol. The monoisotopic (exact) mass is 276 g/mol. The lowest BCUT2D eigenvalue weighted by molar-refractivity contribution is 0.0697. The van der Waals surface area contributed by atoms with Crippen LogP contribution in [0.3, 0.4) is 0 Å². The molecule has 0 atom stereocenters. The highest BCUT2D eigenvalue weighted by Gasteiger charge is 2.25. The normalized spacial score (nSPS) is 13.9. The van der Waals surface area contributed by atoms with Crippen LogP contribution >= 0.6 is 0 Å². The van der Waals surface area contributed by atoms with Crippen LogP contribution in [0.1, 0.15) is 55.7 Å². The number of carbonyl (C=O) groups is 1. The van der Waals surface area contributed by atoms with Gasteiger partial charge in [0.25, 0.3) is 0 Å².